The maximum atomic E-state index is 11.9. The van der Waals surface area contributed by atoms with Gasteiger partial charge in [0.1, 0.15) is 5.60 Å². The third-order valence-electron chi connectivity index (χ3n) is 3.08. The Morgan fingerprint density at radius 1 is 1.35 bits per heavy atom. The fourth-order valence-electron chi connectivity index (χ4n) is 1.93. The Morgan fingerprint density at radius 3 is 2.60 bits per heavy atom. The predicted octanol–water partition coefficient (Wildman–Crippen LogP) is 0.0584. The van der Waals surface area contributed by atoms with E-state index in [1.807, 2.05) is 0 Å². The first-order chi connectivity index (χ1) is 9.48. The Hall–Kier alpha value is -2.12. The lowest BCUT2D eigenvalue weighted by Crippen LogP contribution is -2.43. The fraction of sp³-hybridized carbons (Fsp3) is 0.385. The lowest BCUT2D eigenvalue weighted by molar-refractivity contribution is 0.0264. The molecule has 1 atom stereocenters. The molecule has 0 spiro atoms. The van der Waals surface area contributed by atoms with Crippen molar-refractivity contribution >= 4 is 17.6 Å². The van der Waals surface area contributed by atoms with Crippen LogP contribution in [0, 0.1) is 0 Å². The highest BCUT2D eigenvalue weighted by Gasteiger charge is 2.32. The van der Waals surface area contributed by atoms with Gasteiger partial charge in [0, 0.05) is 30.8 Å². The second kappa shape index (κ2) is 5.89. The summed E-state index contributed by atoms with van der Waals surface area (Å²) in [5, 5.41) is 15.1. The number of anilines is 1. The van der Waals surface area contributed by atoms with E-state index in [2.05, 4.69) is 10.6 Å². The van der Waals surface area contributed by atoms with Crippen LogP contribution in [0.5, 0.6) is 0 Å². The summed E-state index contributed by atoms with van der Waals surface area (Å²) in [4.78, 5) is 22.6. The third-order valence-corrected chi connectivity index (χ3v) is 3.08. The molecule has 1 aromatic carbocycles. The SMILES string of the molecule is NC(=O)Nc1ccc(C(=O)NCC2(O)CCOC2)cc1. The molecule has 1 aliphatic heterocycles. The molecular weight excluding hydrogens is 262 g/mol. The quantitative estimate of drug-likeness (QED) is 0.624. The van der Waals surface area contributed by atoms with Gasteiger partial charge in [-0.1, -0.05) is 0 Å². The van der Waals surface area contributed by atoms with E-state index in [0.717, 1.165) is 0 Å². The number of hydrogen-bond donors (Lipinski definition) is 4. The van der Waals surface area contributed by atoms with Gasteiger partial charge in [-0.15, -0.1) is 0 Å². The van der Waals surface area contributed by atoms with Crippen LogP contribution in [0.15, 0.2) is 24.3 Å². The second-order valence-electron chi connectivity index (χ2n) is 4.78. The van der Waals surface area contributed by atoms with Gasteiger partial charge in [0.2, 0.25) is 0 Å². The number of amides is 3. The van der Waals surface area contributed by atoms with Crippen LogP contribution in [-0.2, 0) is 4.74 Å². The molecule has 108 valence electrons. The van der Waals surface area contributed by atoms with Gasteiger partial charge in [0.15, 0.2) is 0 Å². The van der Waals surface area contributed by atoms with Crippen molar-refractivity contribution in [2.45, 2.75) is 12.0 Å². The van der Waals surface area contributed by atoms with Crippen LogP contribution in [0.3, 0.4) is 0 Å². The van der Waals surface area contributed by atoms with Gasteiger partial charge in [0.05, 0.1) is 6.61 Å². The summed E-state index contributed by atoms with van der Waals surface area (Å²) in [5.74, 6) is -0.295. The molecule has 3 amide bonds. The van der Waals surface area contributed by atoms with E-state index < -0.39 is 11.6 Å². The number of ether oxygens (including phenoxy) is 1. The number of aliphatic hydroxyl groups is 1. The van der Waals surface area contributed by atoms with Crippen molar-refractivity contribution < 1.29 is 19.4 Å². The number of hydrogen-bond acceptors (Lipinski definition) is 4. The Kier molecular flexibility index (Phi) is 4.21. The highest BCUT2D eigenvalue weighted by molar-refractivity contribution is 5.95. The van der Waals surface area contributed by atoms with Gasteiger partial charge >= 0.3 is 6.03 Å². The number of primary amides is 1. The standard InChI is InChI=1S/C13H17N3O4/c14-12(18)16-10-3-1-9(2-4-10)11(17)15-7-13(19)5-6-20-8-13/h1-4,19H,5-8H2,(H,15,17)(H3,14,16,18). The molecule has 0 bridgehead atoms. The number of nitrogens with one attached hydrogen (secondary N) is 2. The third kappa shape index (κ3) is 3.69. The second-order valence-corrected chi connectivity index (χ2v) is 4.78. The summed E-state index contributed by atoms with van der Waals surface area (Å²) in [7, 11) is 0. The molecule has 7 heteroatoms. The molecule has 1 heterocycles. The Balaban J connectivity index is 1.90. The van der Waals surface area contributed by atoms with Crippen molar-refractivity contribution in [3.63, 3.8) is 0 Å². The first-order valence-electron chi connectivity index (χ1n) is 6.23. The van der Waals surface area contributed by atoms with Crippen LogP contribution < -0.4 is 16.4 Å². The molecule has 0 aromatic heterocycles. The van der Waals surface area contributed by atoms with Gasteiger partial charge in [0.25, 0.3) is 5.91 Å². The highest BCUT2D eigenvalue weighted by Crippen LogP contribution is 2.17. The van der Waals surface area contributed by atoms with Gasteiger partial charge in [-0.25, -0.2) is 4.79 Å². The van der Waals surface area contributed by atoms with E-state index >= 15 is 0 Å². The van der Waals surface area contributed by atoms with Gasteiger partial charge in [-0.2, -0.15) is 0 Å². The molecule has 1 fully saturated rings. The molecule has 20 heavy (non-hydrogen) atoms. The van der Waals surface area contributed by atoms with Crippen LogP contribution in [0.2, 0.25) is 0 Å². The monoisotopic (exact) mass is 279 g/mol. The normalized spacial score (nSPS) is 21.4. The van der Waals surface area contributed by atoms with Crippen molar-refractivity contribution in [2.75, 3.05) is 25.1 Å². The van der Waals surface area contributed by atoms with Crippen molar-refractivity contribution in [2.24, 2.45) is 5.73 Å². The van der Waals surface area contributed by atoms with Gasteiger partial charge in [-0.05, 0) is 24.3 Å². The zero-order valence-electron chi connectivity index (χ0n) is 10.9. The molecule has 5 N–H and O–H groups in total. The lowest BCUT2D eigenvalue weighted by Gasteiger charge is -2.20. The predicted molar refractivity (Wildman–Crippen MR) is 72.4 cm³/mol. The maximum Gasteiger partial charge on any atom is 0.316 e. The van der Waals surface area contributed by atoms with E-state index in [9.17, 15) is 14.7 Å². The molecule has 1 aliphatic rings. The lowest BCUT2D eigenvalue weighted by atomic mass is 10.0. The number of nitrogens with two attached hydrogens (primary N) is 1. The first-order valence-corrected chi connectivity index (χ1v) is 6.23. The largest absolute Gasteiger partial charge is 0.386 e. The molecule has 1 aromatic rings. The minimum Gasteiger partial charge on any atom is -0.386 e. The van der Waals surface area contributed by atoms with E-state index in [4.69, 9.17) is 10.5 Å². The number of benzene rings is 1. The molecule has 2 rings (SSSR count). The smallest absolute Gasteiger partial charge is 0.316 e. The summed E-state index contributed by atoms with van der Waals surface area (Å²) in [6.45, 7) is 0.877. The first kappa shape index (κ1) is 14.3. The van der Waals surface area contributed by atoms with Gasteiger partial charge in [-0.3, -0.25) is 4.79 Å². The average molecular weight is 279 g/mol. The van der Waals surface area contributed by atoms with Crippen LogP contribution in [0.4, 0.5) is 10.5 Å². The van der Waals surface area contributed by atoms with Crippen LogP contribution >= 0.6 is 0 Å². The van der Waals surface area contributed by atoms with Crippen LogP contribution in [0.1, 0.15) is 16.8 Å². The van der Waals surface area contributed by atoms with E-state index in [0.29, 0.717) is 24.3 Å². The summed E-state index contributed by atoms with van der Waals surface area (Å²) < 4.78 is 5.10. The molecular formula is C13H17N3O4. The van der Waals surface area contributed by atoms with Crippen LogP contribution in [-0.4, -0.2) is 42.4 Å². The summed E-state index contributed by atoms with van der Waals surface area (Å²) >= 11 is 0. The average Bonchev–Trinajstić information content (AvgIpc) is 2.84. The summed E-state index contributed by atoms with van der Waals surface area (Å²) in [6, 6.07) is 5.62. The van der Waals surface area contributed by atoms with Gasteiger partial charge < -0.3 is 26.2 Å². The molecule has 1 unspecified atom stereocenters. The minimum atomic E-state index is -0.983. The summed E-state index contributed by atoms with van der Waals surface area (Å²) in [6.07, 6.45) is 0.509. The van der Waals surface area contributed by atoms with Crippen LogP contribution in [0.25, 0.3) is 0 Å². The molecule has 0 radical (unpaired) electrons. The van der Waals surface area contributed by atoms with E-state index in [1.54, 1.807) is 24.3 Å². The van der Waals surface area contributed by atoms with E-state index in [-0.39, 0.29) is 19.1 Å². The fourth-order valence-corrected chi connectivity index (χ4v) is 1.93. The van der Waals surface area contributed by atoms with Crippen molar-refractivity contribution in [3.05, 3.63) is 29.8 Å². The molecule has 0 saturated carbocycles. The minimum absolute atomic E-state index is 0.146. The number of rotatable bonds is 4. The zero-order chi connectivity index (χ0) is 14.6. The molecule has 0 aliphatic carbocycles. The molecule has 7 nitrogen and oxygen atoms in total. The maximum absolute atomic E-state index is 11.9. The number of urea groups is 1. The molecule has 1 saturated heterocycles. The zero-order valence-corrected chi connectivity index (χ0v) is 10.9. The Labute approximate surface area is 116 Å². The number of carbonyl (C=O) groups is 2. The van der Waals surface area contributed by atoms with Crippen molar-refractivity contribution in [3.8, 4) is 0 Å². The summed E-state index contributed by atoms with van der Waals surface area (Å²) in [5.41, 5.74) is 4.95. The topological polar surface area (TPSA) is 114 Å². The Bertz CT molecular complexity index is 495. The highest BCUT2D eigenvalue weighted by atomic mass is 16.5. The number of carbonyl (C=O) groups excluding carboxylic acids is 2. The van der Waals surface area contributed by atoms with Crippen molar-refractivity contribution in [1.82, 2.24) is 5.32 Å². The van der Waals surface area contributed by atoms with Crippen molar-refractivity contribution in [1.29, 1.82) is 0 Å². The Morgan fingerprint density at radius 2 is 2.05 bits per heavy atom. The van der Waals surface area contributed by atoms with E-state index in [1.165, 1.54) is 0 Å².